The van der Waals surface area contributed by atoms with Gasteiger partial charge in [0.25, 0.3) is 11.8 Å². The van der Waals surface area contributed by atoms with Gasteiger partial charge in [-0.3, -0.25) is 24.0 Å². The molecule has 0 spiro atoms. The number of furan rings is 1. The van der Waals surface area contributed by atoms with Crippen molar-refractivity contribution in [2.24, 2.45) is 5.92 Å². The monoisotopic (exact) mass is 976 g/mol. The van der Waals surface area contributed by atoms with E-state index in [-0.39, 0.29) is 67.1 Å². The highest BCUT2D eigenvalue weighted by atomic mass is 16.7. The minimum Gasteiger partial charge on any atom is -0.497 e. The number of unbranched alkanes of at least 4 members (excludes halogenated alkanes) is 2. The molecule has 0 fully saturated rings. The number of hydrogen-bond donors (Lipinski definition) is 3. The number of esters is 2. The summed E-state index contributed by atoms with van der Waals surface area (Å²) in [6.07, 6.45) is 2.78. The normalized spacial score (nSPS) is 12.0. The molecule has 0 aliphatic heterocycles. The zero-order valence-electron chi connectivity index (χ0n) is 40.4. The molecule has 0 unspecified atom stereocenters. The maximum atomic E-state index is 13.8. The van der Waals surface area contributed by atoms with Gasteiger partial charge in [0.1, 0.15) is 47.8 Å². The molecule has 3 N–H and O–H groups in total. The van der Waals surface area contributed by atoms with Gasteiger partial charge in [0, 0.05) is 11.6 Å². The number of carbonyl (C=O) groups is 7. The highest BCUT2D eigenvalue weighted by Crippen LogP contribution is 2.30. The topological polar surface area (TPSA) is 227 Å². The molecule has 1 heterocycles. The lowest BCUT2D eigenvalue weighted by Crippen LogP contribution is -2.49. The second-order valence-corrected chi connectivity index (χ2v) is 16.0. The molecule has 0 bridgehead atoms. The molecular weight excluding hydrogens is 917 g/mol. The summed E-state index contributed by atoms with van der Waals surface area (Å²) in [4.78, 5) is 98.4. The molecule has 18 heteroatoms. The van der Waals surface area contributed by atoms with Crippen LogP contribution in [0.5, 0.6) is 17.2 Å². The van der Waals surface area contributed by atoms with Gasteiger partial charge < -0.3 is 48.9 Å². The predicted molar refractivity (Wildman–Crippen MR) is 259 cm³/mol. The quantitative estimate of drug-likeness (QED) is 0.0147. The molecule has 0 aliphatic rings. The summed E-state index contributed by atoms with van der Waals surface area (Å²) in [6, 6.07) is 27.7. The molecule has 4 aromatic carbocycles. The van der Waals surface area contributed by atoms with Gasteiger partial charge >= 0.3 is 17.9 Å². The number of benzene rings is 4. The first-order chi connectivity index (χ1) is 34.4. The van der Waals surface area contributed by atoms with Gasteiger partial charge in [0.05, 0.1) is 51.4 Å². The summed E-state index contributed by atoms with van der Waals surface area (Å²) in [7, 11) is 2.84. The summed E-state index contributed by atoms with van der Waals surface area (Å²) < 4.78 is 33.2. The molecule has 0 aliphatic carbocycles. The van der Waals surface area contributed by atoms with Crippen molar-refractivity contribution in [2.75, 3.05) is 27.5 Å². The lowest BCUT2D eigenvalue weighted by atomic mass is 9.90. The Hall–Kier alpha value is -8.15. The Bertz CT molecular complexity index is 2570. The maximum absolute atomic E-state index is 13.8. The number of nitrogens with one attached hydrogen (secondary N) is 3. The van der Waals surface area contributed by atoms with E-state index in [0.717, 1.165) is 23.5 Å². The lowest BCUT2D eigenvalue weighted by molar-refractivity contribution is -0.171. The van der Waals surface area contributed by atoms with Crippen molar-refractivity contribution >= 4 is 42.0 Å². The SMILES string of the molecule is CCCCC[C@@H](C(=O)NCNC(=O)c1ccc(-c2ccc(C(=O)N[C@@H](CC(=O)OCc3ccccc3)C(=O)OCc3ccccc3)c(OCC)c2)o1)[C@@H](CC)N(C=O)OC(=O)c1ccc(OC)cc1OC. The first-order valence-corrected chi connectivity index (χ1v) is 23.2. The van der Waals surface area contributed by atoms with Crippen molar-refractivity contribution in [2.45, 2.75) is 84.6 Å². The maximum Gasteiger partial charge on any atom is 0.366 e. The van der Waals surface area contributed by atoms with Crippen molar-refractivity contribution in [1.82, 2.24) is 21.0 Å². The van der Waals surface area contributed by atoms with Crippen LogP contribution >= 0.6 is 0 Å². The summed E-state index contributed by atoms with van der Waals surface area (Å²) in [5.74, 6) is -4.26. The predicted octanol–water partition coefficient (Wildman–Crippen LogP) is 7.35. The summed E-state index contributed by atoms with van der Waals surface area (Å²) in [6.45, 7) is 5.23. The Morgan fingerprint density at radius 2 is 1.41 bits per heavy atom. The molecule has 4 amide bonds. The number of rotatable bonds is 28. The van der Waals surface area contributed by atoms with E-state index in [2.05, 4.69) is 16.0 Å². The zero-order valence-corrected chi connectivity index (χ0v) is 40.4. The van der Waals surface area contributed by atoms with E-state index in [0.29, 0.717) is 36.1 Å². The summed E-state index contributed by atoms with van der Waals surface area (Å²) in [5, 5.41) is 8.79. The van der Waals surface area contributed by atoms with Gasteiger partial charge in [-0.25, -0.2) is 9.59 Å². The third kappa shape index (κ3) is 15.7. The number of hydroxylamine groups is 2. The largest absolute Gasteiger partial charge is 0.497 e. The number of ether oxygens (including phenoxy) is 5. The van der Waals surface area contributed by atoms with Gasteiger partial charge in [-0.15, -0.1) is 0 Å². The molecule has 1 aromatic heterocycles. The number of amides is 4. The van der Waals surface area contributed by atoms with Crippen molar-refractivity contribution in [3.8, 4) is 28.6 Å². The Morgan fingerprint density at radius 1 is 0.718 bits per heavy atom. The van der Waals surface area contributed by atoms with Crippen molar-refractivity contribution in [1.29, 1.82) is 0 Å². The number of carbonyl (C=O) groups excluding carboxylic acids is 7. The van der Waals surface area contributed by atoms with Gasteiger partial charge in [0.15, 0.2) is 5.76 Å². The van der Waals surface area contributed by atoms with E-state index in [4.69, 9.17) is 32.9 Å². The van der Waals surface area contributed by atoms with E-state index < -0.39 is 60.1 Å². The first-order valence-electron chi connectivity index (χ1n) is 23.2. The van der Waals surface area contributed by atoms with Gasteiger partial charge in [-0.2, -0.15) is 5.06 Å². The fraction of sp³-hybridized carbons (Fsp3) is 0.340. The number of nitrogens with zero attached hydrogens (tertiary/aromatic N) is 1. The van der Waals surface area contributed by atoms with E-state index >= 15 is 0 Å². The van der Waals surface area contributed by atoms with Crippen molar-refractivity contribution in [3.63, 3.8) is 0 Å². The average Bonchev–Trinajstić information content (AvgIpc) is 3.90. The fourth-order valence-electron chi connectivity index (χ4n) is 7.44. The van der Waals surface area contributed by atoms with Gasteiger partial charge in [-0.1, -0.05) is 99.8 Å². The van der Waals surface area contributed by atoms with Crippen LogP contribution in [0.2, 0.25) is 0 Å². The van der Waals surface area contributed by atoms with Crippen LogP contribution in [-0.4, -0.2) is 86.7 Å². The van der Waals surface area contributed by atoms with Crippen LogP contribution in [0.25, 0.3) is 11.3 Å². The Balaban J connectivity index is 1.23. The molecule has 3 atom stereocenters. The van der Waals surface area contributed by atoms with Crippen molar-refractivity contribution < 1.29 is 66.5 Å². The fourth-order valence-corrected chi connectivity index (χ4v) is 7.44. The zero-order chi connectivity index (χ0) is 51.1. The highest BCUT2D eigenvalue weighted by molar-refractivity contribution is 6.00. The second kappa shape index (κ2) is 27.7. The molecule has 0 radical (unpaired) electrons. The summed E-state index contributed by atoms with van der Waals surface area (Å²) >= 11 is 0. The lowest BCUT2D eigenvalue weighted by Gasteiger charge is -2.32. The minimum atomic E-state index is -1.41. The van der Waals surface area contributed by atoms with Crippen LogP contribution < -0.4 is 30.2 Å². The molecule has 376 valence electrons. The van der Waals surface area contributed by atoms with E-state index in [9.17, 15) is 33.6 Å². The van der Waals surface area contributed by atoms with Crippen LogP contribution in [0.15, 0.2) is 114 Å². The van der Waals surface area contributed by atoms with Crippen LogP contribution in [0.1, 0.15) is 102 Å². The molecule has 71 heavy (non-hydrogen) atoms. The van der Waals surface area contributed by atoms with Crippen molar-refractivity contribution in [3.05, 3.63) is 137 Å². The second-order valence-electron chi connectivity index (χ2n) is 16.0. The number of hydrogen-bond acceptors (Lipinski definition) is 14. The number of methoxy groups -OCH3 is 2. The van der Waals surface area contributed by atoms with E-state index in [1.807, 2.05) is 19.1 Å². The molecule has 0 saturated heterocycles. The molecule has 0 saturated carbocycles. The highest BCUT2D eigenvalue weighted by Gasteiger charge is 2.34. The third-order valence-electron chi connectivity index (χ3n) is 11.2. The summed E-state index contributed by atoms with van der Waals surface area (Å²) in [5.41, 5.74) is 1.97. The van der Waals surface area contributed by atoms with E-state index in [1.165, 1.54) is 44.6 Å². The molecular formula is C53H60N4O14. The van der Waals surface area contributed by atoms with Gasteiger partial charge in [-0.05, 0) is 67.3 Å². The minimum absolute atomic E-state index is 0.0324. The standard InChI is InChI=1S/C53H60N4O14/c1-6-9-12-21-39(43(7-2)57(34-58)71-52(63)41-25-23-38(65-4)29-46(41)66-5)49(60)54-33-55-51(62)45-27-26-44(70-45)37-22-24-40(47(28-37)67-8-3)50(61)56-42(53(64)69-32-36-19-15-11-16-20-36)30-48(59)68-31-35-17-13-10-14-18-35/h10-11,13-20,22-29,34,39,42-43H,6-9,12,21,30-33H2,1-5H3,(H,54,60)(H,55,62)(H,56,61)/t39-,42+,43-/m1/s1. The van der Waals surface area contributed by atoms with Crippen LogP contribution in [0, 0.1) is 5.92 Å². The first kappa shape index (κ1) is 53.8. The van der Waals surface area contributed by atoms with E-state index in [1.54, 1.807) is 80.6 Å². The molecule has 5 aromatic rings. The van der Waals surface area contributed by atoms with Gasteiger partial charge in [0.2, 0.25) is 12.3 Å². The molecule has 18 nitrogen and oxygen atoms in total. The Labute approximate surface area is 412 Å². The smallest absolute Gasteiger partial charge is 0.366 e. The molecule has 5 rings (SSSR count). The van der Waals surface area contributed by atoms with Crippen LogP contribution in [-0.2, 0) is 46.7 Å². The van der Waals surface area contributed by atoms with Crippen LogP contribution in [0.4, 0.5) is 0 Å². The third-order valence-corrected chi connectivity index (χ3v) is 11.2. The van der Waals surface area contributed by atoms with Crippen LogP contribution in [0.3, 0.4) is 0 Å². The Morgan fingerprint density at radius 3 is 2.04 bits per heavy atom. The average molecular weight is 977 g/mol. The Kier molecular flexibility index (Phi) is 21.0.